The second-order valence-electron chi connectivity index (χ2n) is 5.35. The fourth-order valence-corrected chi connectivity index (χ4v) is 2.50. The third-order valence-electron chi connectivity index (χ3n) is 3.77. The number of benzene rings is 1. The van der Waals surface area contributed by atoms with Crippen molar-refractivity contribution in [2.45, 2.75) is 38.3 Å². The summed E-state index contributed by atoms with van der Waals surface area (Å²) in [6.07, 6.45) is 5.78. The fraction of sp³-hybridized carbons (Fsp3) is 0.412. The van der Waals surface area contributed by atoms with E-state index in [1.807, 2.05) is 30.3 Å². The van der Waals surface area contributed by atoms with Gasteiger partial charge in [-0.3, -0.25) is 4.79 Å². The van der Waals surface area contributed by atoms with Crippen molar-refractivity contribution in [2.24, 2.45) is 0 Å². The summed E-state index contributed by atoms with van der Waals surface area (Å²) in [6.45, 7) is 0.548. The predicted octanol–water partition coefficient (Wildman–Crippen LogP) is 2.25. The Hall–Kier alpha value is -2.48. The van der Waals surface area contributed by atoms with Gasteiger partial charge in [0.15, 0.2) is 0 Å². The first-order valence-corrected chi connectivity index (χ1v) is 7.50. The van der Waals surface area contributed by atoms with Crippen LogP contribution in [0, 0.1) is 11.3 Å². The molecule has 0 radical (unpaired) electrons. The van der Waals surface area contributed by atoms with E-state index in [4.69, 9.17) is 10.00 Å². The minimum atomic E-state index is -0.295. The van der Waals surface area contributed by atoms with Crippen LogP contribution in [0.1, 0.15) is 31.2 Å². The van der Waals surface area contributed by atoms with Crippen LogP contribution in [0.4, 0.5) is 0 Å². The minimum Gasteiger partial charge on any atom is -0.497 e. The van der Waals surface area contributed by atoms with E-state index in [2.05, 4.69) is 10.6 Å². The lowest BCUT2D eigenvalue weighted by atomic mass is 10.2. The van der Waals surface area contributed by atoms with Crippen LogP contribution in [0.15, 0.2) is 36.0 Å². The molecule has 0 aromatic heterocycles. The van der Waals surface area contributed by atoms with E-state index in [0.717, 1.165) is 37.0 Å². The molecule has 0 heterocycles. The number of nitrogens with zero attached hydrogens (tertiary/aromatic N) is 1. The van der Waals surface area contributed by atoms with Gasteiger partial charge in [0, 0.05) is 18.8 Å². The van der Waals surface area contributed by atoms with Gasteiger partial charge >= 0.3 is 0 Å². The molecule has 2 rings (SSSR count). The molecule has 1 aliphatic rings. The van der Waals surface area contributed by atoms with Gasteiger partial charge in [0.25, 0.3) is 5.91 Å². The van der Waals surface area contributed by atoms with Gasteiger partial charge in [0.2, 0.25) is 0 Å². The van der Waals surface area contributed by atoms with Crippen molar-refractivity contribution in [3.8, 4) is 11.8 Å². The predicted molar refractivity (Wildman–Crippen MR) is 83.9 cm³/mol. The highest BCUT2D eigenvalue weighted by Crippen LogP contribution is 2.17. The van der Waals surface area contributed by atoms with Gasteiger partial charge in [-0.1, -0.05) is 25.0 Å². The Morgan fingerprint density at radius 3 is 2.64 bits per heavy atom. The van der Waals surface area contributed by atoms with E-state index < -0.39 is 0 Å². The maximum atomic E-state index is 12.0. The number of hydrogen-bond acceptors (Lipinski definition) is 4. The van der Waals surface area contributed by atoms with Gasteiger partial charge in [-0.05, 0) is 30.5 Å². The largest absolute Gasteiger partial charge is 0.497 e. The lowest BCUT2D eigenvalue weighted by Gasteiger charge is -2.11. The van der Waals surface area contributed by atoms with Crippen LogP contribution < -0.4 is 15.4 Å². The molecule has 5 nitrogen and oxygen atoms in total. The van der Waals surface area contributed by atoms with E-state index in [1.54, 1.807) is 7.11 Å². The summed E-state index contributed by atoms with van der Waals surface area (Å²) < 4.78 is 5.10. The Morgan fingerprint density at radius 1 is 1.36 bits per heavy atom. The average Bonchev–Trinajstić information content (AvgIpc) is 3.05. The highest BCUT2D eigenvalue weighted by Gasteiger charge is 2.19. The number of rotatable bonds is 6. The maximum absolute atomic E-state index is 12.0. The molecule has 1 aromatic rings. The van der Waals surface area contributed by atoms with Crippen molar-refractivity contribution in [3.63, 3.8) is 0 Å². The van der Waals surface area contributed by atoms with Crippen LogP contribution in [-0.4, -0.2) is 19.1 Å². The molecule has 0 saturated heterocycles. The molecular formula is C17H21N3O2. The molecule has 1 amide bonds. The Balaban J connectivity index is 1.85. The fourth-order valence-electron chi connectivity index (χ4n) is 2.50. The molecular weight excluding hydrogens is 278 g/mol. The molecule has 5 heteroatoms. The number of carbonyl (C=O) groups is 1. The van der Waals surface area contributed by atoms with Crippen molar-refractivity contribution in [2.75, 3.05) is 7.11 Å². The standard InChI is InChI=1S/C17H21N3O2/c1-22-16-8-6-13(7-9-16)11-19-12-14(10-18)17(21)20-15-4-2-3-5-15/h6-9,12,15,19H,2-5,11H2,1H3,(H,20,21)/b14-12-. The first-order chi connectivity index (χ1) is 10.7. The molecule has 116 valence electrons. The van der Waals surface area contributed by atoms with Gasteiger partial charge in [-0.25, -0.2) is 0 Å². The first kappa shape index (κ1) is 15.9. The number of hydrogen-bond donors (Lipinski definition) is 2. The topological polar surface area (TPSA) is 74.1 Å². The quantitative estimate of drug-likeness (QED) is 0.624. The van der Waals surface area contributed by atoms with Gasteiger partial charge < -0.3 is 15.4 Å². The number of nitriles is 1. The van der Waals surface area contributed by atoms with E-state index in [1.165, 1.54) is 6.20 Å². The molecule has 0 atom stereocenters. The van der Waals surface area contributed by atoms with Crippen LogP contribution >= 0.6 is 0 Å². The van der Waals surface area contributed by atoms with Crippen molar-refractivity contribution < 1.29 is 9.53 Å². The summed E-state index contributed by atoms with van der Waals surface area (Å²) in [5, 5.41) is 15.0. The third kappa shape index (κ3) is 4.52. The highest BCUT2D eigenvalue weighted by atomic mass is 16.5. The number of methoxy groups -OCH3 is 1. The molecule has 1 fully saturated rings. The number of nitrogens with one attached hydrogen (secondary N) is 2. The summed E-state index contributed by atoms with van der Waals surface area (Å²) in [5.41, 5.74) is 1.16. The van der Waals surface area contributed by atoms with Crippen molar-refractivity contribution >= 4 is 5.91 Å². The summed E-state index contributed by atoms with van der Waals surface area (Å²) in [7, 11) is 1.62. The number of ether oxygens (including phenoxy) is 1. The molecule has 2 N–H and O–H groups in total. The molecule has 1 aliphatic carbocycles. The molecule has 0 spiro atoms. The molecule has 1 saturated carbocycles. The maximum Gasteiger partial charge on any atom is 0.263 e. The summed E-state index contributed by atoms with van der Waals surface area (Å²) in [4.78, 5) is 12.0. The van der Waals surface area contributed by atoms with Crippen molar-refractivity contribution in [3.05, 3.63) is 41.6 Å². The number of carbonyl (C=O) groups excluding carboxylic acids is 1. The Kier molecular flexibility index (Phi) is 5.84. The van der Waals surface area contributed by atoms with Crippen molar-refractivity contribution in [1.29, 1.82) is 5.26 Å². The molecule has 22 heavy (non-hydrogen) atoms. The van der Waals surface area contributed by atoms with Crippen molar-refractivity contribution in [1.82, 2.24) is 10.6 Å². The van der Waals surface area contributed by atoms with E-state index in [-0.39, 0.29) is 17.5 Å². The smallest absolute Gasteiger partial charge is 0.263 e. The normalized spacial score (nSPS) is 15.2. The average molecular weight is 299 g/mol. The van der Waals surface area contributed by atoms with Crippen LogP contribution in [0.5, 0.6) is 5.75 Å². The zero-order valence-corrected chi connectivity index (χ0v) is 12.8. The molecule has 0 unspecified atom stereocenters. The van der Waals surface area contributed by atoms with E-state index in [0.29, 0.717) is 6.54 Å². The minimum absolute atomic E-state index is 0.111. The lowest BCUT2D eigenvalue weighted by Crippen LogP contribution is -2.33. The van der Waals surface area contributed by atoms with Gasteiger partial charge in [0.05, 0.1) is 7.11 Å². The van der Waals surface area contributed by atoms with Crippen LogP contribution in [0.2, 0.25) is 0 Å². The molecule has 1 aromatic carbocycles. The molecule has 0 bridgehead atoms. The lowest BCUT2D eigenvalue weighted by molar-refractivity contribution is -0.117. The molecule has 0 aliphatic heterocycles. The Labute approximate surface area is 131 Å². The van der Waals surface area contributed by atoms with Crippen LogP contribution in [0.3, 0.4) is 0 Å². The van der Waals surface area contributed by atoms with Gasteiger partial charge in [-0.2, -0.15) is 5.26 Å². The first-order valence-electron chi connectivity index (χ1n) is 7.50. The zero-order valence-electron chi connectivity index (χ0n) is 12.8. The Bertz CT molecular complexity index is 567. The second kappa shape index (κ2) is 8.08. The zero-order chi connectivity index (χ0) is 15.8. The number of amides is 1. The monoisotopic (exact) mass is 299 g/mol. The van der Waals surface area contributed by atoms with Gasteiger partial charge in [-0.15, -0.1) is 0 Å². The summed E-state index contributed by atoms with van der Waals surface area (Å²) in [5.74, 6) is 0.504. The van der Waals surface area contributed by atoms with Crippen LogP contribution in [0.25, 0.3) is 0 Å². The SMILES string of the molecule is COc1ccc(CN/C=C(/C#N)C(=O)NC2CCCC2)cc1. The highest BCUT2D eigenvalue weighted by molar-refractivity contribution is 5.97. The summed E-state index contributed by atoms with van der Waals surface area (Å²) >= 11 is 0. The van der Waals surface area contributed by atoms with Gasteiger partial charge in [0.1, 0.15) is 17.4 Å². The van der Waals surface area contributed by atoms with Crippen LogP contribution in [-0.2, 0) is 11.3 Å². The third-order valence-corrected chi connectivity index (χ3v) is 3.77. The summed E-state index contributed by atoms with van der Waals surface area (Å²) in [6, 6.07) is 9.78. The Morgan fingerprint density at radius 2 is 2.05 bits per heavy atom. The van der Waals surface area contributed by atoms with E-state index in [9.17, 15) is 4.79 Å². The van der Waals surface area contributed by atoms with E-state index >= 15 is 0 Å². The second-order valence-corrected chi connectivity index (χ2v) is 5.35.